The summed E-state index contributed by atoms with van der Waals surface area (Å²) in [5, 5.41) is 63.6. The van der Waals surface area contributed by atoms with Crippen LogP contribution in [0.3, 0.4) is 0 Å². The normalized spacial score (nSPS) is 30.6. The van der Waals surface area contributed by atoms with E-state index in [4.69, 9.17) is 23.8 Å². The Balaban J connectivity index is 1.97. The highest BCUT2D eigenvalue weighted by molar-refractivity contribution is 6.23. The molecule has 15 nitrogen and oxygen atoms in total. The molecule has 0 fully saturated rings. The number of oxime groups is 1. The Labute approximate surface area is 331 Å². The molecule has 0 saturated carbocycles. The molecular weight excluding hydrogens is 740 g/mol. The van der Waals surface area contributed by atoms with Gasteiger partial charge in [0.15, 0.2) is 5.75 Å². The molecule has 1 amide bonds. The van der Waals surface area contributed by atoms with Crippen LogP contribution < -0.4 is 10.1 Å². The predicted molar refractivity (Wildman–Crippen MR) is 212 cm³/mol. The van der Waals surface area contributed by atoms with Gasteiger partial charge < -0.3 is 54.6 Å². The lowest BCUT2D eigenvalue weighted by atomic mass is 9.78. The largest absolute Gasteiger partial charge is 0.507 e. The molecule has 0 spiro atoms. The van der Waals surface area contributed by atoms with Gasteiger partial charge in [0.1, 0.15) is 30.0 Å². The fourth-order valence-electron chi connectivity index (χ4n) is 7.11. The third-order valence-electron chi connectivity index (χ3n) is 10.6. The standard InChI is InChI=1S/C42H54N2O13/c1-19(2)18-55-43-17-27-32-37(50)30-29(36(27)49)31-39(25(8)35(30)48)57-42(10,40(31)51)54-16-15-28(53-11)22(5)38(56-26(9)45)24(7)34(47)23(6)33(46)20(3)13-12-14-21(4)41(52)44-32/h12-17,20,22-24,28,33-34,38,46-50H,1,18H2,2-11H3,(H,44,52)/b13-12+,16-15+,21-14+,43-17-. The average molecular weight is 795 g/mol. The van der Waals surface area contributed by atoms with Gasteiger partial charge in [0.25, 0.3) is 11.7 Å². The number of ether oxygens (including phenoxy) is 4. The van der Waals surface area contributed by atoms with Crippen molar-refractivity contribution in [3.63, 3.8) is 0 Å². The van der Waals surface area contributed by atoms with Crippen molar-refractivity contribution in [3.8, 4) is 23.0 Å². The molecule has 5 rings (SSSR count). The summed E-state index contributed by atoms with van der Waals surface area (Å²) in [5.74, 6) is -8.73. The van der Waals surface area contributed by atoms with Gasteiger partial charge >= 0.3 is 11.8 Å². The molecule has 2 aromatic carbocycles. The number of fused-ring (bicyclic) bond motifs is 14. The number of amides is 1. The molecule has 0 saturated heterocycles. The van der Waals surface area contributed by atoms with Crippen LogP contribution in [0.25, 0.3) is 10.8 Å². The predicted octanol–water partition coefficient (Wildman–Crippen LogP) is 5.68. The number of allylic oxidation sites excluding steroid dienone is 2. The number of methoxy groups -OCH3 is 1. The zero-order chi connectivity index (χ0) is 42.7. The number of ketones is 1. The number of esters is 1. The van der Waals surface area contributed by atoms with Crippen LogP contribution >= 0.6 is 0 Å². The summed E-state index contributed by atoms with van der Waals surface area (Å²) < 4.78 is 23.4. The van der Waals surface area contributed by atoms with E-state index in [1.54, 1.807) is 46.8 Å². The lowest BCUT2D eigenvalue weighted by molar-refractivity contribution is -0.160. The van der Waals surface area contributed by atoms with Crippen molar-refractivity contribution in [2.24, 2.45) is 28.8 Å². The monoisotopic (exact) mass is 794 g/mol. The smallest absolute Gasteiger partial charge is 0.312 e. The topological polar surface area (TPSA) is 223 Å². The van der Waals surface area contributed by atoms with Crippen LogP contribution in [0.4, 0.5) is 5.69 Å². The summed E-state index contributed by atoms with van der Waals surface area (Å²) in [6.07, 6.45) is 4.43. The molecule has 3 aliphatic heterocycles. The number of hydrogen-bond acceptors (Lipinski definition) is 14. The number of phenolic OH excluding ortho intramolecular Hbond substituents is 3. The van der Waals surface area contributed by atoms with Gasteiger partial charge in [0, 0.05) is 61.2 Å². The molecule has 3 heterocycles. The van der Waals surface area contributed by atoms with Crippen LogP contribution in [-0.2, 0) is 28.6 Å². The molecule has 0 aromatic heterocycles. The Morgan fingerprint density at radius 3 is 2.26 bits per heavy atom. The molecule has 0 radical (unpaired) electrons. The molecule has 2 aromatic rings. The molecule has 15 heteroatoms. The highest BCUT2D eigenvalue weighted by atomic mass is 16.7. The van der Waals surface area contributed by atoms with Gasteiger partial charge in [-0.3, -0.25) is 14.4 Å². The lowest BCUT2D eigenvalue weighted by Gasteiger charge is -2.38. The van der Waals surface area contributed by atoms with E-state index in [0.717, 1.165) is 6.21 Å². The van der Waals surface area contributed by atoms with E-state index in [2.05, 4.69) is 17.1 Å². The average Bonchev–Trinajstić information content (AvgIpc) is 3.42. The zero-order valence-corrected chi connectivity index (χ0v) is 33.9. The van der Waals surface area contributed by atoms with Crippen LogP contribution in [0.1, 0.15) is 76.9 Å². The number of phenols is 3. The zero-order valence-electron chi connectivity index (χ0n) is 33.9. The molecule has 0 aliphatic carbocycles. The Bertz CT molecular complexity index is 2040. The van der Waals surface area contributed by atoms with Crippen LogP contribution in [-0.4, -0.2) is 93.3 Å². The van der Waals surface area contributed by atoms with E-state index in [9.17, 15) is 39.9 Å². The number of aromatic hydroxyl groups is 3. The summed E-state index contributed by atoms with van der Waals surface area (Å²) >= 11 is 0. The fraction of sp³-hybridized carbons (Fsp3) is 0.476. The molecule has 310 valence electrons. The summed E-state index contributed by atoms with van der Waals surface area (Å²) in [6, 6.07) is 0. The van der Waals surface area contributed by atoms with Gasteiger partial charge in [-0.25, -0.2) is 0 Å². The summed E-state index contributed by atoms with van der Waals surface area (Å²) in [6.45, 7) is 17.8. The first-order valence-electron chi connectivity index (χ1n) is 18.6. The van der Waals surface area contributed by atoms with Crippen LogP contribution in [0, 0.1) is 30.6 Å². The van der Waals surface area contributed by atoms with Gasteiger partial charge in [-0.05, 0) is 32.4 Å². The minimum atomic E-state index is -2.07. The van der Waals surface area contributed by atoms with Gasteiger partial charge in [-0.15, -0.1) is 0 Å². The second-order valence-electron chi connectivity index (χ2n) is 15.1. The van der Waals surface area contributed by atoms with Gasteiger partial charge in [0.2, 0.25) is 0 Å². The number of Topliss-reactive ketones (excluding diaryl/α,β-unsaturated/α-hetero) is 1. The number of aliphatic hydroxyl groups is 2. The Hall–Kier alpha value is -5.38. The fourth-order valence-corrected chi connectivity index (χ4v) is 7.11. The summed E-state index contributed by atoms with van der Waals surface area (Å²) in [5.41, 5.74) is -0.0568. The van der Waals surface area contributed by atoms with Gasteiger partial charge in [-0.1, -0.05) is 57.7 Å². The third-order valence-corrected chi connectivity index (χ3v) is 10.6. The number of nitrogens with zero attached hydrogens (tertiary/aromatic N) is 1. The number of carbonyl (C=O) groups is 3. The van der Waals surface area contributed by atoms with Crippen LogP contribution in [0.5, 0.6) is 23.0 Å². The minimum absolute atomic E-state index is 0.00855. The SMILES string of the molecule is C=C(C)CO/N=C\c1c2c(O)c3c(O)c(C)c4c(c3c1O)C(=O)C(C)(O/C=C/C(OC)C(C)C(OC(C)=O)C(C)C(O)C(C)C(O)C(C)/C=C/C=C(\C)C(=O)N2)O4. The minimum Gasteiger partial charge on any atom is -0.507 e. The van der Waals surface area contributed by atoms with E-state index >= 15 is 0 Å². The van der Waals surface area contributed by atoms with Gasteiger partial charge in [0.05, 0.1) is 53.0 Å². The molecular formula is C42H54N2O13. The van der Waals surface area contributed by atoms with E-state index in [0.29, 0.717) is 5.57 Å². The van der Waals surface area contributed by atoms with Crippen LogP contribution in [0.2, 0.25) is 0 Å². The van der Waals surface area contributed by atoms with E-state index in [1.165, 1.54) is 53.2 Å². The van der Waals surface area contributed by atoms with Crippen molar-refractivity contribution >= 4 is 40.3 Å². The maximum Gasteiger partial charge on any atom is 0.312 e. The van der Waals surface area contributed by atoms with Crippen molar-refractivity contribution < 1.29 is 63.7 Å². The highest BCUT2D eigenvalue weighted by Crippen LogP contribution is 2.55. The van der Waals surface area contributed by atoms with E-state index < -0.39 is 88.8 Å². The summed E-state index contributed by atoms with van der Waals surface area (Å²) in [4.78, 5) is 45.4. The van der Waals surface area contributed by atoms with Crippen molar-refractivity contribution in [3.05, 3.63) is 65.0 Å². The van der Waals surface area contributed by atoms with Crippen molar-refractivity contribution in [1.29, 1.82) is 0 Å². The lowest BCUT2D eigenvalue weighted by Crippen LogP contribution is -2.46. The number of benzene rings is 2. The Morgan fingerprint density at radius 1 is 0.982 bits per heavy atom. The first-order valence-corrected chi connectivity index (χ1v) is 18.6. The molecule has 57 heavy (non-hydrogen) atoms. The van der Waals surface area contributed by atoms with Crippen LogP contribution in [0.15, 0.2) is 53.4 Å². The van der Waals surface area contributed by atoms with E-state index in [1.807, 2.05) is 0 Å². The molecule has 3 aliphatic rings. The number of hydrogen-bond donors (Lipinski definition) is 6. The van der Waals surface area contributed by atoms with Crippen molar-refractivity contribution in [2.45, 2.75) is 92.5 Å². The molecule has 6 N–H and O–H groups in total. The maximum atomic E-state index is 14.3. The number of aliphatic hydroxyl groups excluding tert-OH is 2. The maximum absolute atomic E-state index is 14.3. The van der Waals surface area contributed by atoms with E-state index in [-0.39, 0.29) is 51.1 Å². The summed E-state index contributed by atoms with van der Waals surface area (Å²) in [7, 11) is 1.42. The van der Waals surface area contributed by atoms with Crippen molar-refractivity contribution in [1.82, 2.24) is 0 Å². The first kappa shape index (κ1) is 44.3. The number of anilines is 1. The Kier molecular flexibility index (Phi) is 13.9. The van der Waals surface area contributed by atoms with Crippen molar-refractivity contribution in [2.75, 3.05) is 19.0 Å². The highest BCUT2D eigenvalue weighted by Gasteiger charge is 2.50. The third kappa shape index (κ3) is 8.95. The molecule has 5 bridgehead atoms. The molecule has 9 atom stereocenters. The second-order valence-corrected chi connectivity index (χ2v) is 15.1. The number of rotatable bonds is 6. The molecule has 9 unspecified atom stereocenters. The first-order chi connectivity index (χ1) is 26.7. The number of nitrogens with one attached hydrogen (secondary N) is 1. The number of carbonyl (C=O) groups excluding carboxylic acids is 3. The Morgan fingerprint density at radius 2 is 1.65 bits per heavy atom. The second kappa shape index (κ2) is 17.8. The quantitative estimate of drug-likeness (QED) is 0.0518. The van der Waals surface area contributed by atoms with Gasteiger partial charge in [-0.2, -0.15) is 0 Å².